The summed E-state index contributed by atoms with van der Waals surface area (Å²) >= 11 is 0. The van der Waals surface area contributed by atoms with E-state index < -0.39 is 0 Å². The van der Waals surface area contributed by atoms with Crippen molar-refractivity contribution >= 4 is 0 Å². The van der Waals surface area contributed by atoms with Crippen LogP contribution in [-0.2, 0) is 0 Å². The average Bonchev–Trinajstić information content (AvgIpc) is 2.43. The van der Waals surface area contributed by atoms with Gasteiger partial charge in [-0.05, 0) is 51.7 Å². The van der Waals surface area contributed by atoms with Gasteiger partial charge in [-0.15, -0.1) is 0 Å². The normalized spacial score (nSPS) is 26.3. The van der Waals surface area contributed by atoms with E-state index in [-0.39, 0.29) is 5.54 Å². The first kappa shape index (κ1) is 14.3. The van der Waals surface area contributed by atoms with Gasteiger partial charge in [0.15, 0.2) is 0 Å². The number of hydrogen-bond donors (Lipinski definition) is 2. The maximum atomic E-state index is 6.09. The van der Waals surface area contributed by atoms with Gasteiger partial charge in [0.2, 0.25) is 0 Å². The molecule has 0 radical (unpaired) electrons. The van der Waals surface area contributed by atoms with E-state index in [9.17, 15) is 0 Å². The van der Waals surface area contributed by atoms with Crippen LogP contribution in [0.1, 0.15) is 58.3 Å². The largest absolute Gasteiger partial charge is 0.329 e. The first-order valence-electron chi connectivity index (χ1n) is 7.98. The Morgan fingerprint density at radius 1 is 1.17 bits per heavy atom. The van der Waals surface area contributed by atoms with Gasteiger partial charge in [0.1, 0.15) is 0 Å². The molecule has 0 aromatic rings. The molecule has 0 unspecified atom stereocenters. The third-order valence-corrected chi connectivity index (χ3v) is 4.86. The second-order valence-electron chi connectivity index (χ2n) is 6.31. The summed E-state index contributed by atoms with van der Waals surface area (Å²) in [6.07, 6.45) is 10.7. The number of hydrogen-bond acceptors (Lipinski definition) is 3. The van der Waals surface area contributed by atoms with Crippen LogP contribution < -0.4 is 11.1 Å². The second-order valence-corrected chi connectivity index (χ2v) is 6.31. The minimum Gasteiger partial charge on any atom is -0.329 e. The Balaban J connectivity index is 1.83. The zero-order valence-corrected chi connectivity index (χ0v) is 12.1. The molecule has 0 atom stereocenters. The van der Waals surface area contributed by atoms with Gasteiger partial charge in [-0.3, -0.25) is 0 Å². The van der Waals surface area contributed by atoms with Crippen LogP contribution in [-0.4, -0.2) is 42.7 Å². The van der Waals surface area contributed by atoms with E-state index in [2.05, 4.69) is 17.1 Å². The molecule has 2 fully saturated rings. The number of rotatable bonds is 5. The summed E-state index contributed by atoms with van der Waals surface area (Å²) < 4.78 is 0. The number of nitrogens with one attached hydrogen (secondary N) is 1. The van der Waals surface area contributed by atoms with Gasteiger partial charge in [-0.1, -0.05) is 26.2 Å². The Labute approximate surface area is 112 Å². The van der Waals surface area contributed by atoms with Crippen molar-refractivity contribution in [2.45, 2.75) is 69.9 Å². The summed E-state index contributed by atoms with van der Waals surface area (Å²) in [5.41, 5.74) is 6.34. The van der Waals surface area contributed by atoms with Crippen molar-refractivity contribution in [3.05, 3.63) is 0 Å². The van der Waals surface area contributed by atoms with Gasteiger partial charge in [0.05, 0.1) is 0 Å². The van der Waals surface area contributed by atoms with Crippen molar-refractivity contribution < 1.29 is 0 Å². The molecule has 3 N–H and O–H groups in total. The molecule has 2 rings (SSSR count). The smallest absolute Gasteiger partial charge is 0.0330 e. The number of piperidine rings is 1. The minimum atomic E-state index is 0.242. The van der Waals surface area contributed by atoms with Gasteiger partial charge in [0, 0.05) is 18.1 Å². The number of nitrogens with zero attached hydrogens (tertiary/aromatic N) is 1. The first-order chi connectivity index (χ1) is 8.78. The monoisotopic (exact) mass is 253 g/mol. The van der Waals surface area contributed by atoms with Crippen LogP contribution in [0, 0.1) is 0 Å². The van der Waals surface area contributed by atoms with Crippen molar-refractivity contribution in [2.24, 2.45) is 5.73 Å². The highest BCUT2D eigenvalue weighted by Crippen LogP contribution is 2.26. The van der Waals surface area contributed by atoms with E-state index in [4.69, 9.17) is 5.73 Å². The van der Waals surface area contributed by atoms with E-state index in [0.29, 0.717) is 0 Å². The molecule has 1 saturated carbocycles. The molecular formula is C15H31N3. The van der Waals surface area contributed by atoms with Crippen LogP contribution in [0.15, 0.2) is 0 Å². The van der Waals surface area contributed by atoms with Gasteiger partial charge in [-0.25, -0.2) is 0 Å². The predicted molar refractivity (Wildman–Crippen MR) is 77.8 cm³/mol. The van der Waals surface area contributed by atoms with Crippen molar-refractivity contribution in [3.63, 3.8) is 0 Å². The molecular weight excluding hydrogens is 222 g/mol. The molecule has 1 aliphatic heterocycles. The fourth-order valence-corrected chi connectivity index (χ4v) is 3.61. The average molecular weight is 253 g/mol. The molecule has 3 heteroatoms. The maximum absolute atomic E-state index is 6.09. The van der Waals surface area contributed by atoms with Crippen LogP contribution in [0.4, 0.5) is 0 Å². The quantitative estimate of drug-likeness (QED) is 0.788. The molecule has 106 valence electrons. The summed E-state index contributed by atoms with van der Waals surface area (Å²) in [4.78, 5) is 2.59. The second kappa shape index (κ2) is 6.88. The molecule has 18 heavy (non-hydrogen) atoms. The summed E-state index contributed by atoms with van der Waals surface area (Å²) in [5.74, 6) is 0. The van der Waals surface area contributed by atoms with Crippen LogP contribution >= 0.6 is 0 Å². The van der Waals surface area contributed by atoms with E-state index in [1.54, 1.807) is 0 Å². The zero-order chi connectivity index (χ0) is 12.8. The Kier molecular flexibility index (Phi) is 5.46. The fraction of sp³-hybridized carbons (Fsp3) is 1.00. The molecule has 1 heterocycles. The highest BCUT2D eigenvalue weighted by Gasteiger charge is 2.34. The molecule has 0 aromatic heterocycles. The molecule has 1 saturated heterocycles. The Hall–Kier alpha value is -0.120. The van der Waals surface area contributed by atoms with Crippen LogP contribution in [0.2, 0.25) is 0 Å². The first-order valence-corrected chi connectivity index (χ1v) is 7.98. The molecule has 0 aromatic carbocycles. The van der Waals surface area contributed by atoms with Crippen LogP contribution in [0.25, 0.3) is 0 Å². The summed E-state index contributed by atoms with van der Waals surface area (Å²) in [6, 6.07) is 0.736. The highest BCUT2D eigenvalue weighted by molar-refractivity contribution is 4.96. The van der Waals surface area contributed by atoms with Gasteiger partial charge >= 0.3 is 0 Å². The fourth-order valence-electron chi connectivity index (χ4n) is 3.61. The van der Waals surface area contributed by atoms with Crippen molar-refractivity contribution in [1.82, 2.24) is 10.2 Å². The third kappa shape index (κ3) is 3.69. The molecule has 0 bridgehead atoms. The Bertz CT molecular complexity index is 228. The standard InChI is InChI=1S/C15H31N3/c1-2-10-18-11-8-15(13-16,9-12-18)17-14-6-4-3-5-7-14/h14,17H,2-13,16H2,1H3. The topological polar surface area (TPSA) is 41.3 Å². The lowest BCUT2D eigenvalue weighted by Crippen LogP contribution is -2.60. The molecule has 0 amide bonds. The van der Waals surface area contributed by atoms with Gasteiger partial charge < -0.3 is 16.0 Å². The molecule has 3 nitrogen and oxygen atoms in total. The molecule has 1 aliphatic carbocycles. The van der Waals surface area contributed by atoms with Crippen molar-refractivity contribution in [1.29, 1.82) is 0 Å². The van der Waals surface area contributed by atoms with E-state index >= 15 is 0 Å². The lowest BCUT2D eigenvalue weighted by Gasteiger charge is -2.44. The lowest BCUT2D eigenvalue weighted by molar-refractivity contribution is 0.122. The molecule has 0 spiro atoms. The lowest BCUT2D eigenvalue weighted by atomic mass is 9.84. The van der Waals surface area contributed by atoms with Crippen molar-refractivity contribution in [3.8, 4) is 0 Å². The van der Waals surface area contributed by atoms with Gasteiger partial charge in [-0.2, -0.15) is 0 Å². The maximum Gasteiger partial charge on any atom is 0.0330 e. The van der Waals surface area contributed by atoms with E-state index in [1.807, 2.05) is 0 Å². The third-order valence-electron chi connectivity index (χ3n) is 4.86. The van der Waals surface area contributed by atoms with Gasteiger partial charge in [0.25, 0.3) is 0 Å². The van der Waals surface area contributed by atoms with Crippen molar-refractivity contribution in [2.75, 3.05) is 26.2 Å². The predicted octanol–water partition coefficient (Wildman–Crippen LogP) is 2.11. The van der Waals surface area contributed by atoms with E-state index in [1.165, 1.54) is 71.0 Å². The minimum absolute atomic E-state index is 0.242. The zero-order valence-electron chi connectivity index (χ0n) is 12.1. The summed E-state index contributed by atoms with van der Waals surface area (Å²) in [6.45, 7) is 6.79. The Morgan fingerprint density at radius 3 is 2.39 bits per heavy atom. The summed E-state index contributed by atoms with van der Waals surface area (Å²) in [7, 11) is 0. The van der Waals surface area contributed by atoms with Crippen LogP contribution in [0.3, 0.4) is 0 Å². The number of nitrogens with two attached hydrogens (primary N) is 1. The number of likely N-dealkylation sites (tertiary alicyclic amines) is 1. The van der Waals surface area contributed by atoms with Crippen LogP contribution in [0.5, 0.6) is 0 Å². The SMILES string of the molecule is CCCN1CCC(CN)(NC2CCCCC2)CC1. The Morgan fingerprint density at radius 2 is 1.83 bits per heavy atom. The summed E-state index contributed by atoms with van der Waals surface area (Å²) in [5, 5.41) is 3.93. The highest BCUT2D eigenvalue weighted by atomic mass is 15.2. The van der Waals surface area contributed by atoms with E-state index in [0.717, 1.165) is 12.6 Å². The molecule has 2 aliphatic rings.